The van der Waals surface area contributed by atoms with E-state index in [1.54, 1.807) is 7.11 Å². The van der Waals surface area contributed by atoms with Crippen LogP contribution in [0.2, 0.25) is 0 Å². The quantitative estimate of drug-likeness (QED) is 0.234. The average Bonchev–Trinajstić information content (AvgIpc) is 2.53. The summed E-state index contributed by atoms with van der Waals surface area (Å²) in [5.74, 6) is 0.424. The summed E-state index contributed by atoms with van der Waals surface area (Å²) in [5, 5.41) is 3.08. The second kappa shape index (κ2) is 14.4. The molecule has 3 N–H and O–H groups in total. The maximum atomic E-state index is 5.86. The lowest BCUT2D eigenvalue weighted by Gasteiger charge is -2.13. The van der Waals surface area contributed by atoms with Crippen molar-refractivity contribution in [2.75, 3.05) is 33.5 Å². The zero-order chi connectivity index (χ0) is 16.9. The number of nitrogens with one attached hydrogen (secondary N) is 1. The summed E-state index contributed by atoms with van der Waals surface area (Å²) < 4.78 is 15.9. The smallest absolute Gasteiger partial charge is 0.189 e. The first-order valence-corrected chi connectivity index (χ1v) is 7.94. The number of nitrogens with zero attached hydrogens (tertiary/aromatic N) is 1. The summed E-state index contributed by atoms with van der Waals surface area (Å²) >= 11 is 0. The molecule has 0 aliphatic heterocycles. The van der Waals surface area contributed by atoms with Crippen LogP contribution in [0.15, 0.2) is 29.3 Å². The predicted octanol–water partition coefficient (Wildman–Crippen LogP) is 2.30. The fourth-order valence-corrected chi connectivity index (χ4v) is 2.04. The lowest BCUT2D eigenvalue weighted by molar-refractivity contribution is 0.0453. The van der Waals surface area contributed by atoms with E-state index in [0.29, 0.717) is 38.9 Å². The minimum Gasteiger partial charge on any atom is -0.383 e. The molecule has 6 nitrogen and oxygen atoms in total. The Labute approximate surface area is 162 Å². The van der Waals surface area contributed by atoms with E-state index in [0.717, 1.165) is 17.7 Å². The van der Waals surface area contributed by atoms with Crippen molar-refractivity contribution < 1.29 is 14.2 Å². The number of guanidine groups is 1. The minimum absolute atomic E-state index is 0. The molecule has 1 aromatic carbocycles. The Morgan fingerprint density at radius 1 is 1.25 bits per heavy atom. The maximum absolute atomic E-state index is 5.86. The van der Waals surface area contributed by atoms with E-state index in [1.165, 1.54) is 0 Å². The SMILES string of the molecule is CCOCCOCc1cccc(CN=C(N)NC(C)COC)c1.I. The van der Waals surface area contributed by atoms with E-state index in [9.17, 15) is 0 Å². The van der Waals surface area contributed by atoms with Crippen LogP contribution in [0.3, 0.4) is 0 Å². The molecule has 1 rings (SSSR count). The highest BCUT2D eigenvalue weighted by Crippen LogP contribution is 2.08. The van der Waals surface area contributed by atoms with Crippen molar-refractivity contribution in [3.8, 4) is 0 Å². The lowest BCUT2D eigenvalue weighted by atomic mass is 10.1. The molecule has 7 heteroatoms. The second-order valence-electron chi connectivity index (χ2n) is 5.27. The summed E-state index contributed by atoms with van der Waals surface area (Å²) in [4.78, 5) is 4.35. The van der Waals surface area contributed by atoms with Crippen molar-refractivity contribution in [1.29, 1.82) is 0 Å². The minimum atomic E-state index is 0. The van der Waals surface area contributed by atoms with Crippen LogP contribution in [0.4, 0.5) is 0 Å². The predicted molar refractivity (Wildman–Crippen MR) is 108 cm³/mol. The molecule has 0 saturated heterocycles. The molecular weight excluding hydrogens is 421 g/mol. The van der Waals surface area contributed by atoms with Crippen molar-refractivity contribution in [3.05, 3.63) is 35.4 Å². The van der Waals surface area contributed by atoms with Crippen molar-refractivity contribution >= 4 is 29.9 Å². The van der Waals surface area contributed by atoms with Gasteiger partial charge in [0, 0.05) is 19.8 Å². The van der Waals surface area contributed by atoms with Crippen molar-refractivity contribution in [2.45, 2.75) is 33.0 Å². The fraction of sp³-hybridized carbons (Fsp3) is 0.588. The summed E-state index contributed by atoms with van der Waals surface area (Å²) in [6.07, 6.45) is 0. The summed E-state index contributed by atoms with van der Waals surface area (Å²) in [7, 11) is 1.66. The zero-order valence-corrected chi connectivity index (χ0v) is 17.1. The molecule has 0 bridgehead atoms. The number of hydrogen-bond donors (Lipinski definition) is 2. The Hall–Kier alpha value is -0.900. The van der Waals surface area contributed by atoms with Gasteiger partial charge in [0.1, 0.15) is 0 Å². The van der Waals surface area contributed by atoms with Crippen LogP contribution in [-0.2, 0) is 27.4 Å². The molecule has 0 fully saturated rings. The van der Waals surface area contributed by atoms with Crippen molar-refractivity contribution in [3.63, 3.8) is 0 Å². The number of rotatable bonds is 11. The summed E-state index contributed by atoms with van der Waals surface area (Å²) in [6, 6.07) is 8.28. The first-order valence-electron chi connectivity index (χ1n) is 7.94. The van der Waals surface area contributed by atoms with Gasteiger partial charge in [-0.25, -0.2) is 4.99 Å². The van der Waals surface area contributed by atoms with E-state index in [1.807, 2.05) is 32.0 Å². The third-order valence-electron chi connectivity index (χ3n) is 3.08. The first-order chi connectivity index (χ1) is 11.2. The lowest BCUT2D eigenvalue weighted by Crippen LogP contribution is -2.40. The van der Waals surface area contributed by atoms with E-state index in [-0.39, 0.29) is 30.0 Å². The van der Waals surface area contributed by atoms with E-state index in [2.05, 4.69) is 16.4 Å². The Bertz CT molecular complexity index is 472. The van der Waals surface area contributed by atoms with Crippen LogP contribution >= 0.6 is 24.0 Å². The van der Waals surface area contributed by atoms with E-state index >= 15 is 0 Å². The number of ether oxygens (including phenoxy) is 3. The Kier molecular flexibility index (Phi) is 13.9. The molecule has 0 amide bonds. The average molecular weight is 451 g/mol. The van der Waals surface area contributed by atoms with Gasteiger partial charge in [0.15, 0.2) is 5.96 Å². The third-order valence-corrected chi connectivity index (χ3v) is 3.08. The number of hydrogen-bond acceptors (Lipinski definition) is 4. The van der Waals surface area contributed by atoms with Gasteiger partial charge < -0.3 is 25.3 Å². The van der Waals surface area contributed by atoms with Gasteiger partial charge in [-0.2, -0.15) is 0 Å². The Balaban J connectivity index is 0.00000529. The highest BCUT2D eigenvalue weighted by atomic mass is 127. The molecule has 0 heterocycles. The van der Waals surface area contributed by atoms with E-state index in [4.69, 9.17) is 19.9 Å². The second-order valence-corrected chi connectivity index (χ2v) is 5.27. The molecule has 0 aliphatic carbocycles. The maximum Gasteiger partial charge on any atom is 0.189 e. The standard InChI is InChI=1S/C17H29N3O3.HI/c1-4-22-8-9-23-13-16-7-5-6-15(10-16)11-19-17(18)20-14(2)12-21-3;/h5-7,10,14H,4,8-9,11-13H2,1-3H3,(H3,18,19,20);1H. The van der Waals surface area contributed by atoms with Gasteiger partial charge in [-0.3, -0.25) is 0 Å². The third kappa shape index (κ3) is 10.8. The largest absolute Gasteiger partial charge is 0.383 e. The van der Waals surface area contributed by atoms with Gasteiger partial charge in [0.2, 0.25) is 0 Å². The van der Waals surface area contributed by atoms with Crippen LogP contribution in [-0.4, -0.2) is 45.5 Å². The number of benzene rings is 1. The molecule has 0 spiro atoms. The normalized spacial score (nSPS) is 12.5. The molecule has 138 valence electrons. The van der Waals surface area contributed by atoms with Gasteiger partial charge in [-0.15, -0.1) is 24.0 Å². The molecule has 0 saturated carbocycles. The monoisotopic (exact) mass is 451 g/mol. The fourth-order valence-electron chi connectivity index (χ4n) is 2.04. The van der Waals surface area contributed by atoms with Gasteiger partial charge in [-0.1, -0.05) is 24.3 Å². The topological polar surface area (TPSA) is 78.1 Å². The molecule has 0 aromatic heterocycles. The van der Waals surface area contributed by atoms with Crippen LogP contribution < -0.4 is 11.1 Å². The number of methoxy groups -OCH3 is 1. The molecule has 1 unspecified atom stereocenters. The van der Waals surface area contributed by atoms with Crippen LogP contribution in [0.1, 0.15) is 25.0 Å². The molecule has 0 radical (unpaired) electrons. The number of halogens is 1. The molecule has 0 aliphatic rings. The number of nitrogens with two attached hydrogens (primary N) is 1. The Morgan fingerprint density at radius 2 is 1.96 bits per heavy atom. The Morgan fingerprint density at radius 3 is 2.67 bits per heavy atom. The van der Waals surface area contributed by atoms with Gasteiger partial charge in [0.05, 0.1) is 33.0 Å². The van der Waals surface area contributed by atoms with Crippen molar-refractivity contribution in [1.82, 2.24) is 5.32 Å². The molecular formula is C17H30IN3O3. The van der Waals surface area contributed by atoms with Gasteiger partial charge in [-0.05, 0) is 25.0 Å². The van der Waals surface area contributed by atoms with Crippen LogP contribution in [0.25, 0.3) is 0 Å². The van der Waals surface area contributed by atoms with Crippen LogP contribution in [0, 0.1) is 0 Å². The summed E-state index contributed by atoms with van der Waals surface area (Å²) in [6.45, 7) is 7.61. The van der Waals surface area contributed by atoms with Gasteiger partial charge >= 0.3 is 0 Å². The summed E-state index contributed by atoms with van der Waals surface area (Å²) in [5.41, 5.74) is 8.08. The van der Waals surface area contributed by atoms with Crippen LogP contribution in [0.5, 0.6) is 0 Å². The van der Waals surface area contributed by atoms with E-state index < -0.39 is 0 Å². The number of aliphatic imine (C=N–C) groups is 1. The zero-order valence-electron chi connectivity index (χ0n) is 14.8. The molecule has 24 heavy (non-hydrogen) atoms. The van der Waals surface area contributed by atoms with Gasteiger partial charge in [0.25, 0.3) is 0 Å². The molecule has 1 atom stereocenters. The highest BCUT2D eigenvalue weighted by molar-refractivity contribution is 14.0. The first kappa shape index (κ1) is 23.1. The molecule has 1 aromatic rings. The highest BCUT2D eigenvalue weighted by Gasteiger charge is 2.02. The van der Waals surface area contributed by atoms with Crippen molar-refractivity contribution in [2.24, 2.45) is 10.7 Å².